The fourth-order valence-electron chi connectivity index (χ4n) is 3.66. The van der Waals surface area contributed by atoms with Crippen molar-refractivity contribution in [2.45, 2.75) is 30.7 Å². The van der Waals surface area contributed by atoms with E-state index in [1.165, 1.54) is 22.4 Å². The van der Waals surface area contributed by atoms with Crippen molar-refractivity contribution in [3.63, 3.8) is 0 Å². The van der Waals surface area contributed by atoms with E-state index in [4.69, 9.17) is 5.73 Å². The summed E-state index contributed by atoms with van der Waals surface area (Å²) in [6, 6.07) is 14.9. The number of nitrogens with zero attached hydrogens (tertiary/aromatic N) is 4. The molecule has 150 valence electrons. The summed E-state index contributed by atoms with van der Waals surface area (Å²) in [6.45, 7) is 10.1. The van der Waals surface area contributed by atoms with E-state index in [-0.39, 0.29) is 0 Å². The molecule has 1 fully saturated rings. The standard InChI is InChI=1S/C23H27N5S/c1-16-7-9-19(10-8-16)29-23-21(24)22(25-15-26-23)28-13-11-27(12-14-28)20-6-4-5-17(2)18(20)3/h4-10,15H,11-14,24H2,1-3H3. The molecule has 1 aliphatic rings. The van der Waals surface area contributed by atoms with Gasteiger partial charge in [-0.1, -0.05) is 41.6 Å². The zero-order valence-electron chi connectivity index (χ0n) is 17.2. The monoisotopic (exact) mass is 405 g/mol. The number of aryl methyl sites for hydroxylation is 2. The molecule has 1 aliphatic heterocycles. The molecule has 6 heteroatoms. The summed E-state index contributed by atoms with van der Waals surface area (Å²) in [5.41, 5.74) is 12.4. The minimum atomic E-state index is 0.665. The van der Waals surface area contributed by atoms with Gasteiger partial charge in [0.25, 0.3) is 0 Å². The van der Waals surface area contributed by atoms with Crippen LogP contribution in [-0.4, -0.2) is 36.1 Å². The highest BCUT2D eigenvalue weighted by atomic mass is 32.2. The second-order valence-corrected chi connectivity index (χ2v) is 8.59. The van der Waals surface area contributed by atoms with Gasteiger partial charge in [0.15, 0.2) is 5.82 Å². The van der Waals surface area contributed by atoms with Crippen LogP contribution in [0.3, 0.4) is 0 Å². The number of hydrogen-bond donors (Lipinski definition) is 1. The van der Waals surface area contributed by atoms with Crippen LogP contribution in [0.25, 0.3) is 0 Å². The molecular formula is C23H27N5S. The maximum Gasteiger partial charge on any atom is 0.156 e. The van der Waals surface area contributed by atoms with E-state index in [0.717, 1.165) is 41.9 Å². The maximum absolute atomic E-state index is 6.48. The number of benzene rings is 2. The van der Waals surface area contributed by atoms with Crippen molar-refractivity contribution in [1.82, 2.24) is 9.97 Å². The van der Waals surface area contributed by atoms with Gasteiger partial charge in [-0.2, -0.15) is 0 Å². The molecule has 0 spiro atoms. The van der Waals surface area contributed by atoms with Gasteiger partial charge in [0.05, 0.1) is 0 Å². The predicted octanol–water partition coefficient (Wildman–Crippen LogP) is 4.46. The topological polar surface area (TPSA) is 58.3 Å². The minimum absolute atomic E-state index is 0.665. The van der Waals surface area contributed by atoms with Crippen molar-refractivity contribution in [1.29, 1.82) is 0 Å². The van der Waals surface area contributed by atoms with Crippen LogP contribution in [0.2, 0.25) is 0 Å². The molecule has 29 heavy (non-hydrogen) atoms. The number of rotatable bonds is 4. The lowest BCUT2D eigenvalue weighted by atomic mass is 10.1. The quantitative estimate of drug-likeness (QED) is 0.647. The first kappa shape index (κ1) is 19.6. The van der Waals surface area contributed by atoms with Crippen molar-refractivity contribution < 1.29 is 0 Å². The molecule has 2 N–H and O–H groups in total. The lowest BCUT2D eigenvalue weighted by molar-refractivity contribution is 0.645. The van der Waals surface area contributed by atoms with Crippen LogP contribution >= 0.6 is 11.8 Å². The highest BCUT2D eigenvalue weighted by Crippen LogP contribution is 2.35. The first-order valence-corrected chi connectivity index (χ1v) is 10.8. The van der Waals surface area contributed by atoms with E-state index in [0.29, 0.717) is 5.69 Å². The summed E-state index contributed by atoms with van der Waals surface area (Å²) in [7, 11) is 0. The Morgan fingerprint density at radius 1 is 0.862 bits per heavy atom. The third-order valence-corrected chi connectivity index (χ3v) is 6.58. The van der Waals surface area contributed by atoms with Crippen LogP contribution in [0.15, 0.2) is 58.7 Å². The van der Waals surface area contributed by atoms with Gasteiger partial charge < -0.3 is 15.5 Å². The number of aromatic nitrogens is 2. The largest absolute Gasteiger partial charge is 0.394 e. The molecule has 0 saturated carbocycles. The Morgan fingerprint density at radius 2 is 1.55 bits per heavy atom. The van der Waals surface area contributed by atoms with Gasteiger partial charge in [0, 0.05) is 36.8 Å². The Balaban J connectivity index is 1.48. The van der Waals surface area contributed by atoms with Crippen LogP contribution in [0, 0.1) is 20.8 Å². The van der Waals surface area contributed by atoms with Crippen LogP contribution in [0.1, 0.15) is 16.7 Å². The number of nitrogens with two attached hydrogens (primary N) is 1. The average molecular weight is 406 g/mol. The zero-order chi connectivity index (χ0) is 20.4. The van der Waals surface area contributed by atoms with E-state index in [1.54, 1.807) is 18.1 Å². The molecule has 0 unspecified atom stereocenters. The van der Waals surface area contributed by atoms with Crippen molar-refractivity contribution in [2.75, 3.05) is 41.7 Å². The smallest absolute Gasteiger partial charge is 0.156 e. The molecule has 5 nitrogen and oxygen atoms in total. The van der Waals surface area contributed by atoms with E-state index >= 15 is 0 Å². The summed E-state index contributed by atoms with van der Waals surface area (Å²) in [5, 5.41) is 0.816. The lowest BCUT2D eigenvalue weighted by Gasteiger charge is -2.38. The second-order valence-electron chi connectivity index (χ2n) is 7.52. The van der Waals surface area contributed by atoms with Crippen LogP contribution < -0.4 is 15.5 Å². The molecule has 0 radical (unpaired) electrons. The third kappa shape index (κ3) is 4.17. The van der Waals surface area contributed by atoms with Crippen molar-refractivity contribution >= 4 is 29.0 Å². The zero-order valence-corrected chi connectivity index (χ0v) is 18.0. The molecule has 1 saturated heterocycles. The minimum Gasteiger partial charge on any atom is -0.394 e. The van der Waals surface area contributed by atoms with Crippen LogP contribution in [-0.2, 0) is 0 Å². The van der Waals surface area contributed by atoms with Crippen LogP contribution in [0.5, 0.6) is 0 Å². The van der Waals surface area contributed by atoms with E-state index in [2.05, 4.69) is 83.0 Å². The van der Waals surface area contributed by atoms with E-state index in [1.807, 2.05) is 0 Å². The van der Waals surface area contributed by atoms with E-state index in [9.17, 15) is 0 Å². The normalized spacial score (nSPS) is 14.3. The maximum atomic E-state index is 6.48. The molecule has 3 aromatic rings. The van der Waals surface area contributed by atoms with Crippen molar-refractivity contribution in [3.05, 3.63) is 65.5 Å². The molecule has 2 heterocycles. The SMILES string of the molecule is Cc1ccc(Sc2ncnc(N3CCN(c4cccc(C)c4C)CC3)c2N)cc1. The fraction of sp³-hybridized carbons (Fsp3) is 0.304. The van der Waals surface area contributed by atoms with Gasteiger partial charge in [-0.3, -0.25) is 0 Å². The number of piperazine rings is 1. The van der Waals surface area contributed by atoms with Gasteiger partial charge >= 0.3 is 0 Å². The highest BCUT2D eigenvalue weighted by Gasteiger charge is 2.22. The Kier molecular flexibility index (Phi) is 5.62. The predicted molar refractivity (Wildman–Crippen MR) is 122 cm³/mol. The fourth-order valence-corrected chi connectivity index (χ4v) is 4.46. The highest BCUT2D eigenvalue weighted by molar-refractivity contribution is 7.99. The van der Waals surface area contributed by atoms with Crippen molar-refractivity contribution in [2.24, 2.45) is 0 Å². The first-order valence-electron chi connectivity index (χ1n) is 9.94. The summed E-state index contributed by atoms with van der Waals surface area (Å²) < 4.78 is 0. The summed E-state index contributed by atoms with van der Waals surface area (Å²) in [6.07, 6.45) is 1.62. The number of nitrogen functional groups attached to an aromatic ring is 1. The van der Waals surface area contributed by atoms with Gasteiger partial charge in [-0.15, -0.1) is 0 Å². The van der Waals surface area contributed by atoms with Gasteiger partial charge in [-0.05, 0) is 50.1 Å². The van der Waals surface area contributed by atoms with Crippen molar-refractivity contribution in [3.8, 4) is 0 Å². The molecule has 1 aromatic heterocycles. The molecule has 4 rings (SSSR count). The molecule has 0 amide bonds. The Bertz CT molecular complexity index is 995. The molecular weight excluding hydrogens is 378 g/mol. The molecule has 0 aliphatic carbocycles. The van der Waals surface area contributed by atoms with Gasteiger partial charge in [0.1, 0.15) is 17.0 Å². The third-order valence-electron chi connectivity index (χ3n) is 5.56. The number of anilines is 3. The summed E-state index contributed by atoms with van der Waals surface area (Å²) in [5.74, 6) is 0.843. The molecule has 0 atom stereocenters. The first-order chi connectivity index (χ1) is 14.0. The Labute approximate surface area is 177 Å². The molecule has 0 bridgehead atoms. The van der Waals surface area contributed by atoms with E-state index < -0.39 is 0 Å². The van der Waals surface area contributed by atoms with Crippen LogP contribution in [0.4, 0.5) is 17.2 Å². The average Bonchev–Trinajstić information content (AvgIpc) is 2.73. The van der Waals surface area contributed by atoms with Gasteiger partial charge in [0.2, 0.25) is 0 Å². The molecule has 2 aromatic carbocycles. The Hall–Kier alpha value is -2.73. The summed E-state index contributed by atoms with van der Waals surface area (Å²) in [4.78, 5) is 14.8. The number of hydrogen-bond acceptors (Lipinski definition) is 6. The lowest BCUT2D eigenvalue weighted by Crippen LogP contribution is -2.47. The second kappa shape index (κ2) is 8.33. The Morgan fingerprint density at radius 3 is 2.28 bits per heavy atom. The summed E-state index contributed by atoms with van der Waals surface area (Å²) >= 11 is 1.59. The van der Waals surface area contributed by atoms with Gasteiger partial charge in [-0.25, -0.2) is 9.97 Å².